The van der Waals surface area contributed by atoms with Gasteiger partial charge in [0.15, 0.2) is 0 Å². The Kier molecular flexibility index (Phi) is 8.95. The fraction of sp³-hybridized carbons (Fsp3) is 1.00. The molecule has 0 unspecified atom stereocenters. The Morgan fingerprint density at radius 2 is 1.75 bits per heavy atom. The zero-order chi connectivity index (χ0) is 9.23. The van der Waals surface area contributed by atoms with E-state index in [0.717, 1.165) is 19.3 Å². The lowest BCUT2D eigenvalue weighted by Gasteiger charge is -2.15. The van der Waals surface area contributed by atoms with Gasteiger partial charge in [-0.05, 0) is 19.3 Å². The van der Waals surface area contributed by atoms with E-state index in [1.807, 2.05) is 0 Å². The summed E-state index contributed by atoms with van der Waals surface area (Å²) < 4.78 is 5.60. The largest absolute Gasteiger partial charge is 0.396 e. The Labute approximate surface area is 75.9 Å². The van der Waals surface area contributed by atoms with Gasteiger partial charge in [0.25, 0.3) is 0 Å². The van der Waals surface area contributed by atoms with Crippen LogP contribution in [0.1, 0.15) is 46.0 Å². The maximum atomic E-state index is 8.56. The van der Waals surface area contributed by atoms with Crippen LogP contribution in [0.3, 0.4) is 0 Å². The van der Waals surface area contributed by atoms with Gasteiger partial charge in [-0.1, -0.05) is 26.7 Å². The SMILES string of the molecule is CCCC(CCC)OCCCO. The van der Waals surface area contributed by atoms with Gasteiger partial charge in [0.1, 0.15) is 0 Å². The highest BCUT2D eigenvalue weighted by molar-refractivity contribution is 4.56. The second-order valence-electron chi connectivity index (χ2n) is 3.15. The van der Waals surface area contributed by atoms with Crippen LogP contribution >= 0.6 is 0 Å². The summed E-state index contributed by atoms with van der Waals surface area (Å²) in [5, 5.41) is 8.56. The van der Waals surface area contributed by atoms with E-state index in [2.05, 4.69) is 13.8 Å². The Balaban J connectivity index is 3.34. The van der Waals surface area contributed by atoms with E-state index < -0.39 is 0 Å². The summed E-state index contributed by atoms with van der Waals surface area (Å²) in [6.07, 6.45) is 5.86. The molecule has 1 N–H and O–H groups in total. The van der Waals surface area contributed by atoms with E-state index in [9.17, 15) is 0 Å². The summed E-state index contributed by atoms with van der Waals surface area (Å²) in [6, 6.07) is 0. The smallest absolute Gasteiger partial charge is 0.0575 e. The molecule has 0 aromatic rings. The molecule has 74 valence electrons. The molecule has 0 saturated heterocycles. The lowest BCUT2D eigenvalue weighted by molar-refractivity contribution is 0.0327. The Morgan fingerprint density at radius 3 is 2.17 bits per heavy atom. The van der Waals surface area contributed by atoms with Crippen molar-refractivity contribution in [2.24, 2.45) is 0 Å². The molecule has 0 radical (unpaired) electrons. The van der Waals surface area contributed by atoms with Crippen LogP contribution in [0, 0.1) is 0 Å². The number of hydrogen-bond acceptors (Lipinski definition) is 2. The van der Waals surface area contributed by atoms with Gasteiger partial charge in [-0.15, -0.1) is 0 Å². The zero-order valence-electron chi connectivity index (χ0n) is 8.38. The molecule has 12 heavy (non-hydrogen) atoms. The quantitative estimate of drug-likeness (QED) is 0.572. The van der Waals surface area contributed by atoms with E-state index in [0.29, 0.717) is 12.7 Å². The van der Waals surface area contributed by atoms with Crippen LogP contribution in [0.2, 0.25) is 0 Å². The normalized spacial score (nSPS) is 11.0. The van der Waals surface area contributed by atoms with Crippen LogP contribution in [0.4, 0.5) is 0 Å². The average Bonchev–Trinajstić information content (AvgIpc) is 2.06. The van der Waals surface area contributed by atoms with Gasteiger partial charge in [-0.25, -0.2) is 0 Å². The Bertz CT molecular complexity index is 77.9. The summed E-state index contributed by atoms with van der Waals surface area (Å²) in [6.45, 7) is 5.31. The predicted octanol–water partition coefficient (Wildman–Crippen LogP) is 2.35. The number of ether oxygens (including phenoxy) is 1. The maximum absolute atomic E-state index is 8.56. The number of rotatable bonds is 8. The molecular formula is C10H22O2. The lowest BCUT2D eigenvalue weighted by Crippen LogP contribution is -2.13. The van der Waals surface area contributed by atoms with Gasteiger partial charge in [0.2, 0.25) is 0 Å². The molecule has 0 heterocycles. The molecule has 0 aromatic carbocycles. The van der Waals surface area contributed by atoms with Gasteiger partial charge in [-0.3, -0.25) is 0 Å². The minimum Gasteiger partial charge on any atom is -0.396 e. The van der Waals surface area contributed by atoms with E-state index >= 15 is 0 Å². The van der Waals surface area contributed by atoms with Crippen LogP contribution in [0.15, 0.2) is 0 Å². The fourth-order valence-electron chi connectivity index (χ4n) is 1.27. The molecule has 2 heteroatoms. The molecule has 0 aliphatic heterocycles. The van der Waals surface area contributed by atoms with Gasteiger partial charge in [-0.2, -0.15) is 0 Å². The highest BCUT2D eigenvalue weighted by Gasteiger charge is 2.05. The van der Waals surface area contributed by atoms with Crippen LogP contribution in [0.25, 0.3) is 0 Å². The molecule has 0 saturated carbocycles. The Hall–Kier alpha value is -0.0800. The van der Waals surface area contributed by atoms with Crippen LogP contribution in [0.5, 0.6) is 0 Å². The van der Waals surface area contributed by atoms with Crippen molar-refractivity contribution in [2.45, 2.75) is 52.1 Å². The summed E-state index contributed by atoms with van der Waals surface area (Å²) in [7, 11) is 0. The summed E-state index contributed by atoms with van der Waals surface area (Å²) >= 11 is 0. The molecule has 0 aliphatic rings. The van der Waals surface area contributed by atoms with Crippen molar-refractivity contribution in [3.8, 4) is 0 Å². The van der Waals surface area contributed by atoms with E-state index in [1.54, 1.807) is 0 Å². The molecule has 0 spiro atoms. The van der Waals surface area contributed by atoms with Crippen LogP contribution in [-0.2, 0) is 4.74 Å². The van der Waals surface area contributed by atoms with Gasteiger partial charge in [0.05, 0.1) is 6.10 Å². The van der Waals surface area contributed by atoms with Crippen molar-refractivity contribution in [2.75, 3.05) is 13.2 Å². The van der Waals surface area contributed by atoms with E-state index in [-0.39, 0.29) is 6.61 Å². The molecule has 2 nitrogen and oxygen atoms in total. The first-order valence-electron chi connectivity index (χ1n) is 5.07. The third-order valence-electron chi connectivity index (χ3n) is 1.88. The third-order valence-corrected chi connectivity index (χ3v) is 1.88. The monoisotopic (exact) mass is 174 g/mol. The maximum Gasteiger partial charge on any atom is 0.0575 e. The summed E-state index contributed by atoms with van der Waals surface area (Å²) in [4.78, 5) is 0. The van der Waals surface area contributed by atoms with Crippen molar-refractivity contribution in [3.05, 3.63) is 0 Å². The van der Waals surface area contributed by atoms with Crippen molar-refractivity contribution >= 4 is 0 Å². The standard InChI is InChI=1S/C10H22O2/c1-3-6-10(7-4-2)12-9-5-8-11/h10-11H,3-9H2,1-2H3. The van der Waals surface area contributed by atoms with Gasteiger partial charge in [0, 0.05) is 13.2 Å². The molecule has 0 amide bonds. The van der Waals surface area contributed by atoms with Crippen LogP contribution in [-0.4, -0.2) is 24.4 Å². The van der Waals surface area contributed by atoms with Crippen molar-refractivity contribution in [3.63, 3.8) is 0 Å². The first-order chi connectivity index (χ1) is 5.85. The topological polar surface area (TPSA) is 29.5 Å². The number of aliphatic hydroxyl groups is 1. The van der Waals surface area contributed by atoms with Crippen molar-refractivity contribution < 1.29 is 9.84 Å². The van der Waals surface area contributed by atoms with E-state index in [1.165, 1.54) is 12.8 Å². The third kappa shape index (κ3) is 6.62. The fourth-order valence-corrected chi connectivity index (χ4v) is 1.27. The predicted molar refractivity (Wildman–Crippen MR) is 51.3 cm³/mol. The second-order valence-corrected chi connectivity index (χ2v) is 3.15. The molecule has 0 atom stereocenters. The van der Waals surface area contributed by atoms with Crippen LogP contribution < -0.4 is 0 Å². The van der Waals surface area contributed by atoms with Gasteiger partial charge >= 0.3 is 0 Å². The molecule has 0 aliphatic carbocycles. The molecule has 0 bridgehead atoms. The minimum absolute atomic E-state index is 0.241. The number of hydrogen-bond donors (Lipinski definition) is 1. The molecule has 0 rings (SSSR count). The second kappa shape index (κ2) is 9.01. The highest BCUT2D eigenvalue weighted by atomic mass is 16.5. The first-order valence-corrected chi connectivity index (χ1v) is 5.07. The summed E-state index contributed by atoms with van der Waals surface area (Å²) in [5.41, 5.74) is 0. The van der Waals surface area contributed by atoms with Gasteiger partial charge < -0.3 is 9.84 Å². The lowest BCUT2D eigenvalue weighted by atomic mass is 10.1. The average molecular weight is 174 g/mol. The first kappa shape index (κ1) is 11.9. The van der Waals surface area contributed by atoms with Crippen molar-refractivity contribution in [1.82, 2.24) is 0 Å². The van der Waals surface area contributed by atoms with Crippen molar-refractivity contribution in [1.29, 1.82) is 0 Å². The number of aliphatic hydroxyl groups excluding tert-OH is 1. The molecule has 0 fully saturated rings. The molecule has 0 aromatic heterocycles. The highest BCUT2D eigenvalue weighted by Crippen LogP contribution is 2.09. The minimum atomic E-state index is 0.241. The van der Waals surface area contributed by atoms with E-state index in [4.69, 9.17) is 9.84 Å². The zero-order valence-corrected chi connectivity index (χ0v) is 8.38. The Morgan fingerprint density at radius 1 is 1.17 bits per heavy atom. The summed E-state index contributed by atoms with van der Waals surface area (Å²) in [5.74, 6) is 0. The molecular weight excluding hydrogens is 152 g/mol.